The van der Waals surface area contributed by atoms with Gasteiger partial charge < -0.3 is 9.13 Å². The van der Waals surface area contributed by atoms with Crippen LogP contribution in [-0.2, 0) is 0 Å². The van der Waals surface area contributed by atoms with Crippen LogP contribution in [0.15, 0.2) is 164 Å². The average molecular weight is 1040 g/mol. The number of rotatable bonds is 7. The fraction of sp³-hybridized carbons (Fsp3) is 0.0290. The molecule has 12 aromatic rings. The first kappa shape index (κ1) is 49.9. The Balaban J connectivity index is 1.27. The van der Waals surface area contributed by atoms with Gasteiger partial charge in [-0.1, -0.05) is 72.8 Å². The summed E-state index contributed by atoms with van der Waals surface area (Å²) in [5, 5.41) is 95.6. The predicted octanol–water partition coefficient (Wildman–Crippen LogP) is 14.5. The highest BCUT2D eigenvalue weighted by Gasteiger charge is 2.27. The van der Waals surface area contributed by atoms with E-state index in [0.717, 1.165) is 21.5 Å². The van der Waals surface area contributed by atoms with Gasteiger partial charge in [0.1, 0.15) is 0 Å². The first-order valence-electron chi connectivity index (χ1n) is 25.4. The molecule has 374 valence electrons. The van der Waals surface area contributed by atoms with Gasteiger partial charge in [0.2, 0.25) is 0 Å². The SMILES string of the molecule is Cc1cc(C)nc(-c2c(-n3c4cc(-c5ccc(C#N)cc5C#N)ccc4c4ccc(-c5ccc(C#N)cc5C#N)cc43)cc(C#N)cc2-n2c3cc(-c4ccc(C#N)cc4C#N)ccc3c3ccc(-c4ccc(C#N)cc4C#N)cc32)n1. The van der Waals surface area contributed by atoms with Crippen molar-refractivity contribution in [2.45, 2.75) is 13.8 Å². The summed E-state index contributed by atoms with van der Waals surface area (Å²) in [6, 6.07) is 68.9. The summed E-state index contributed by atoms with van der Waals surface area (Å²) in [5.41, 5.74) is 13.2. The molecule has 3 aromatic heterocycles. The predicted molar refractivity (Wildman–Crippen MR) is 310 cm³/mol. The first-order chi connectivity index (χ1) is 40.0. The number of aryl methyl sites for hydroxylation is 2. The molecule has 0 spiro atoms. The Kier molecular flexibility index (Phi) is 12.1. The molecule has 0 atom stereocenters. The maximum absolute atomic E-state index is 11.3. The van der Waals surface area contributed by atoms with Crippen molar-refractivity contribution in [3.8, 4) is 122 Å². The summed E-state index contributed by atoms with van der Waals surface area (Å²) in [6.45, 7) is 3.76. The molecule has 0 saturated heterocycles. The first-order valence-corrected chi connectivity index (χ1v) is 25.4. The monoisotopic (exact) mass is 1040 g/mol. The van der Waals surface area contributed by atoms with E-state index in [2.05, 4.69) is 54.6 Å². The highest BCUT2D eigenvalue weighted by atomic mass is 15.0. The maximum Gasteiger partial charge on any atom is 0.163 e. The molecular formula is C69H33N13. The quantitative estimate of drug-likeness (QED) is 0.145. The third kappa shape index (κ3) is 8.19. The summed E-state index contributed by atoms with van der Waals surface area (Å²) in [5.74, 6) is 0.312. The molecule has 0 bridgehead atoms. The van der Waals surface area contributed by atoms with E-state index in [4.69, 9.17) is 9.97 Å². The van der Waals surface area contributed by atoms with E-state index < -0.39 is 0 Å². The number of aromatic nitrogens is 4. The van der Waals surface area contributed by atoms with Crippen LogP contribution in [0.5, 0.6) is 0 Å². The molecule has 3 heterocycles. The van der Waals surface area contributed by atoms with E-state index in [0.29, 0.717) is 145 Å². The lowest BCUT2D eigenvalue weighted by Crippen LogP contribution is -2.08. The van der Waals surface area contributed by atoms with Crippen LogP contribution >= 0.6 is 0 Å². The van der Waals surface area contributed by atoms with Crippen molar-refractivity contribution in [3.63, 3.8) is 0 Å². The maximum atomic E-state index is 11.3. The average Bonchev–Trinajstić information content (AvgIpc) is 1.97. The Morgan fingerprint density at radius 1 is 0.293 bits per heavy atom. The Morgan fingerprint density at radius 3 is 0.829 bits per heavy atom. The minimum absolute atomic E-state index is 0.248. The smallest absolute Gasteiger partial charge is 0.163 e. The molecule has 0 N–H and O–H groups in total. The Hall–Kier alpha value is -12.9. The van der Waals surface area contributed by atoms with Crippen molar-refractivity contribution in [2.75, 3.05) is 0 Å². The van der Waals surface area contributed by atoms with E-state index in [9.17, 15) is 47.4 Å². The number of nitrogens with zero attached hydrogens (tertiary/aromatic N) is 13. The second-order valence-corrected chi connectivity index (χ2v) is 19.5. The van der Waals surface area contributed by atoms with Crippen molar-refractivity contribution in [1.82, 2.24) is 19.1 Å². The van der Waals surface area contributed by atoms with Gasteiger partial charge in [-0.3, -0.25) is 0 Å². The Labute approximate surface area is 468 Å². The number of hydrogen-bond acceptors (Lipinski definition) is 11. The van der Waals surface area contributed by atoms with Crippen LogP contribution in [0.3, 0.4) is 0 Å². The lowest BCUT2D eigenvalue weighted by Gasteiger charge is -2.21. The molecule has 0 radical (unpaired) electrons. The second kappa shape index (κ2) is 19.9. The zero-order valence-electron chi connectivity index (χ0n) is 43.4. The van der Waals surface area contributed by atoms with Crippen LogP contribution in [0.2, 0.25) is 0 Å². The molecular weight excluding hydrogens is 1010 g/mol. The number of fused-ring (bicyclic) bond motifs is 6. The van der Waals surface area contributed by atoms with E-state index in [1.54, 1.807) is 84.9 Å². The third-order valence-corrected chi connectivity index (χ3v) is 14.8. The standard InChI is InChI=1S/C69H33N13/c1-39-19-40(2)80-69(79-39)68-66(81-62-26-46(54-11-3-41(30-70)20-50(54)35-75)7-15-58(62)59-16-8-47(27-63(59)81)55-12-4-42(31-71)21-51(55)36-76)24-45(34-74)25-67(68)82-64-28-48(56-13-5-43(32-72)22-52(56)37-77)9-17-60(64)61-18-10-49(29-65(61)82)57-14-6-44(33-73)23-53(57)38-78/h3-29H,1-2H3. The van der Waals surface area contributed by atoms with Crippen molar-refractivity contribution in [1.29, 1.82) is 47.4 Å². The summed E-state index contributed by atoms with van der Waals surface area (Å²) in [7, 11) is 0. The molecule has 0 aliphatic carbocycles. The van der Waals surface area contributed by atoms with Gasteiger partial charge in [0, 0.05) is 32.9 Å². The van der Waals surface area contributed by atoms with Gasteiger partial charge in [-0.05, 0) is 149 Å². The van der Waals surface area contributed by atoms with Crippen molar-refractivity contribution < 1.29 is 0 Å². The molecule has 0 aliphatic heterocycles. The molecule has 13 nitrogen and oxygen atoms in total. The molecule has 0 unspecified atom stereocenters. The minimum Gasteiger partial charge on any atom is -0.308 e. The molecule has 12 rings (SSSR count). The summed E-state index contributed by atoms with van der Waals surface area (Å²) < 4.78 is 4.08. The van der Waals surface area contributed by atoms with Crippen LogP contribution in [0, 0.1) is 116 Å². The van der Waals surface area contributed by atoms with Crippen molar-refractivity contribution >= 4 is 43.6 Å². The van der Waals surface area contributed by atoms with Gasteiger partial charge in [-0.15, -0.1) is 0 Å². The highest BCUT2D eigenvalue weighted by molar-refractivity contribution is 6.14. The summed E-state index contributed by atoms with van der Waals surface area (Å²) in [4.78, 5) is 10.3. The zero-order chi connectivity index (χ0) is 56.9. The Bertz CT molecular complexity index is 4680. The second-order valence-electron chi connectivity index (χ2n) is 19.5. The number of hydrogen-bond donors (Lipinski definition) is 0. The number of nitriles is 9. The fourth-order valence-electron chi connectivity index (χ4n) is 11.2. The van der Waals surface area contributed by atoms with Gasteiger partial charge in [0.25, 0.3) is 0 Å². The van der Waals surface area contributed by atoms with Gasteiger partial charge in [-0.25, -0.2) is 9.97 Å². The van der Waals surface area contributed by atoms with Crippen LogP contribution < -0.4 is 0 Å². The van der Waals surface area contributed by atoms with E-state index in [1.165, 1.54) is 0 Å². The van der Waals surface area contributed by atoms with Crippen LogP contribution in [-0.4, -0.2) is 19.1 Å². The molecule has 0 saturated carbocycles. The summed E-state index contributed by atoms with van der Waals surface area (Å²) in [6.07, 6.45) is 0. The van der Waals surface area contributed by atoms with E-state index >= 15 is 0 Å². The minimum atomic E-state index is 0.248. The summed E-state index contributed by atoms with van der Waals surface area (Å²) >= 11 is 0. The van der Waals surface area contributed by atoms with Crippen LogP contribution in [0.4, 0.5) is 0 Å². The van der Waals surface area contributed by atoms with Gasteiger partial charge in [-0.2, -0.15) is 47.4 Å². The molecule has 82 heavy (non-hydrogen) atoms. The van der Waals surface area contributed by atoms with Crippen LogP contribution in [0.25, 0.3) is 111 Å². The lowest BCUT2D eigenvalue weighted by atomic mass is 9.96. The van der Waals surface area contributed by atoms with Crippen molar-refractivity contribution in [3.05, 3.63) is 225 Å². The highest BCUT2D eigenvalue weighted by Crippen LogP contribution is 2.45. The van der Waals surface area contributed by atoms with Gasteiger partial charge >= 0.3 is 0 Å². The van der Waals surface area contributed by atoms with E-state index in [1.807, 2.05) is 102 Å². The van der Waals surface area contributed by atoms with Crippen LogP contribution in [0.1, 0.15) is 61.5 Å². The normalized spacial score (nSPS) is 10.7. The Morgan fingerprint density at radius 2 is 0.573 bits per heavy atom. The van der Waals surface area contributed by atoms with Crippen molar-refractivity contribution in [2.24, 2.45) is 0 Å². The topological polar surface area (TPSA) is 250 Å². The molecule has 0 fully saturated rings. The van der Waals surface area contributed by atoms with E-state index in [-0.39, 0.29) is 5.56 Å². The molecule has 13 heteroatoms. The largest absolute Gasteiger partial charge is 0.308 e. The third-order valence-electron chi connectivity index (χ3n) is 14.8. The molecule has 0 aliphatic rings. The number of benzene rings is 9. The lowest BCUT2D eigenvalue weighted by molar-refractivity contribution is 1.04. The van der Waals surface area contributed by atoms with Gasteiger partial charge in [0.05, 0.1) is 144 Å². The van der Waals surface area contributed by atoms with Gasteiger partial charge in [0.15, 0.2) is 5.82 Å². The molecule has 0 amide bonds. The zero-order valence-corrected chi connectivity index (χ0v) is 43.4. The fourth-order valence-corrected chi connectivity index (χ4v) is 11.2. The molecule has 9 aromatic carbocycles.